The summed E-state index contributed by atoms with van der Waals surface area (Å²) in [5.74, 6) is -2.14. The van der Waals surface area contributed by atoms with Gasteiger partial charge in [-0.1, -0.05) is 34.5 Å². The van der Waals surface area contributed by atoms with Gasteiger partial charge in [-0.25, -0.2) is 4.98 Å². The summed E-state index contributed by atoms with van der Waals surface area (Å²) in [6.45, 7) is 1.22. The fourth-order valence-electron chi connectivity index (χ4n) is 2.26. The molecule has 4 N–H and O–H groups in total. The fraction of sp³-hybridized carbons (Fsp3) is 0.125. The summed E-state index contributed by atoms with van der Waals surface area (Å²) < 4.78 is 0.653. The van der Waals surface area contributed by atoms with Crippen molar-refractivity contribution in [3.05, 3.63) is 45.2 Å². The van der Waals surface area contributed by atoms with Crippen molar-refractivity contribution >= 4 is 67.7 Å². The molecule has 0 aliphatic carbocycles. The van der Waals surface area contributed by atoms with Crippen LogP contribution in [0.3, 0.4) is 0 Å². The van der Waals surface area contributed by atoms with Crippen molar-refractivity contribution in [3.63, 3.8) is 0 Å². The molecule has 0 saturated heterocycles. The van der Waals surface area contributed by atoms with Gasteiger partial charge in [-0.2, -0.15) is 0 Å². The number of H-pyrrole nitrogens is 1. The van der Waals surface area contributed by atoms with Gasteiger partial charge < -0.3 is 15.4 Å². The lowest BCUT2D eigenvalue weighted by Gasteiger charge is -2.01. The first-order valence-corrected chi connectivity index (χ1v) is 9.09. The second-order valence-electron chi connectivity index (χ2n) is 5.49. The van der Waals surface area contributed by atoms with Gasteiger partial charge in [0.05, 0.1) is 20.3 Å². The smallest absolute Gasteiger partial charge is 0.322 e. The van der Waals surface area contributed by atoms with Crippen LogP contribution in [-0.2, 0) is 4.79 Å². The number of amides is 2. The maximum Gasteiger partial charge on any atom is 0.322 e. The molecule has 0 radical (unpaired) electrons. The molecule has 2 aromatic heterocycles. The summed E-state index contributed by atoms with van der Waals surface area (Å²) in [5.41, 5.74) is 1.58. The van der Waals surface area contributed by atoms with Gasteiger partial charge in [-0.3, -0.25) is 19.7 Å². The summed E-state index contributed by atoms with van der Waals surface area (Å²) in [5, 5.41) is 14.3. The molecule has 0 aliphatic rings. The van der Waals surface area contributed by atoms with Crippen LogP contribution in [0.1, 0.15) is 26.5 Å². The number of aromatic nitrogens is 2. The van der Waals surface area contributed by atoms with E-state index in [1.165, 1.54) is 6.07 Å². The Morgan fingerprint density at radius 1 is 1.22 bits per heavy atom. The first kappa shape index (κ1) is 19.2. The zero-order valence-corrected chi connectivity index (χ0v) is 16.1. The molecule has 27 heavy (non-hydrogen) atoms. The van der Waals surface area contributed by atoms with Crippen molar-refractivity contribution < 1.29 is 19.5 Å². The molecule has 0 bridgehead atoms. The van der Waals surface area contributed by atoms with E-state index in [0.717, 1.165) is 11.3 Å². The number of rotatable bonds is 5. The number of aryl methyl sites for hydroxylation is 1. The highest BCUT2D eigenvalue weighted by atomic mass is 35.5. The van der Waals surface area contributed by atoms with Crippen LogP contribution in [0.2, 0.25) is 10.0 Å². The maximum atomic E-state index is 12.4. The van der Waals surface area contributed by atoms with E-state index in [1.807, 2.05) is 0 Å². The van der Waals surface area contributed by atoms with Gasteiger partial charge in [0, 0.05) is 11.3 Å². The van der Waals surface area contributed by atoms with Crippen molar-refractivity contribution in [1.82, 2.24) is 15.3 Å². The highest BCUT2D eigenvalue weighted by Crippen LogP contribution is 2.31. The highest BCUT2D eigenvalue weighted by molar-refractivity contribution is 7.22. The number of benzene rings is 1. The number of fused-ring (bicyclic) bond motifs is 1. The molecule has 11 heteroatoms. The molecule has 3 rings (SSSR count). The minimum atomic E-state index is -1.13. The number of nitrogens with zero attached hydrogens (tertiary/aromatic N) is 1. The van der Waals surface area contributed by atoms with Gasteiger partial charge in [0.1, 0.15) is 12.2 Å². The molecule has 2 heterocycles. The average Bonchev–Trinajstić information content (AvgIpc) is 3.14. The van der Waals surface area contributed by atoms with E-state index in [0.29, 0.717) is 26.6 Å². The van der Waals surface area contributed by atoms with Crippen LogP contribution < -0.4 is 10.6 Å². The minimum Gasteiger partial charge on any atom is -0.480 e. The summed E-state index contributed by atoms with van der Waals surface area (Å²) in [6, 6.07) is 4.71. The fourth-order valence-corrected chi connectivity index (χ4v) is 3.58. The van der Waals surface area contributed by atoms with E-state index in [9.17, 15) is 14.4 Å². The van der Waals surface area contributed by atoms with Crippen molar-refractivity contribution in [2.45, 2.75) is 6.92 Å². The van der Waals surface area contributed by atoms with Gasteiger partial charge in [0.25, 0.3) is 11.8 Å². The van der Waals surface area contributed by atoms with E-state index in [4.69, 9.17) is 28.3 Å². The number of aromatic amines is 1. The van der Waals surface area contributed by atoms with Crippen molar-refractivity contribution in [1.29, 1.82) is 0 Å². The molecule has 0 spiro atoms. The Morgan fingerprint density at radius 3 is 2.59 bits per heavy atom. The number of hydrogen-bond acceptors (Lipinski definition) is 5. The lowest BCUT2D eigenvalue weighted by Crippen LogP contribution is -2.29. The Hall–Kier alpha value is -2.62. The largest absolute Gasteiger partial charge is 0.480 e. The molecule has 3 aromatic rings. The molecule has 140 valence electrons. The maximum absolute atomic E-state index is 12.4. The van der Waals surface area contributed by atoms with Crippen LogP contribution in [-0.4, -0.2) is 39.4 Å². The van der Waals surface area contributed by atoms with E-state index in [-0.39, 0.29) is 15.7 Å². The Balaban J connectivity index is 1.80. The molecule has 0 saturated carbocycles. The van der Waals surface area contributed by atoms with Gasteiger partial charge >= 0.3 is 5.97 Å². The number of carboxylic acids is 1. The van der Waals surface area contributed by atoms with Gasteiger partial charge in [0.2, 0.25) is 0 Å². The third kappa shape index (κ3) is 4.05. The second-order valence-corrected chi connectivity index (χ2v) is 7.27. The normalized spacial score (nSPS) is 10.8. The van der Waals surface area contributed by atoms with Crippen LogP contribution in [0.15, 0.2) is 18.2 Å². The molecular formula is C16H12Cl2N4O4S. The molecular weight excluding hydrogens is 415 g/mol. The number of hydrogen-bond donors (Lipinski definition) is 4. The van der Waals surface area contributed by atoms with Gasteiger partial charge in [-0.15, -0.1) is 0 Å². The minimum absolute atomic E-state index is 0.130. The first-order valence-electron chi connectivity index (χ1n) is 7.51. The monoisotopic (exact) mass is 426 g/mol. The van der Waals surface area contributed by atoms with Crippen molar-refractivity contribution in [3.8, 4) is 0 Å². The van der Waals surface area contributed by atoms with E-state index < -0.39 is 24.3 Å². The summed E-state index contributed by atoms with van der Waals surface area (Å²) in [4.78, 5) is 41.9. The van der Waals surface area contributed by atoms with Gasteiger partial charge in [0.15, 0.2) is 5.13 Å². The van der Waals surface area contributed by atoms with Crippen molar-refractivity contribution in [2.75, 3.05) is 11.9 Å². The lowest BCUT2D eigenvalue weighted by atomic mass is 10.2. The topological polar surface area (TPSA) is 124 Å². The lowest BCUT2D eigenvalue weighted by molar-refractivity contribution is -0.135. The molecule has 1 aromatic carbocycles. The molecule has 2 amide bonds. The quantitative estimate of drug-likeness (QED) is 0.497. The number of aliphatic carboxylic acids is 1. The standard InChI is InChI=1S/C16H12Cl2N4O4S/c1-6-11(17)12(18)13(20-6)15(26)22-16-21-8-3-2-7(4-9(8)27-16)14(25)19-5-10(23)24/h2-4,20H,5H2,1H3,(H,19,25)(H,23,24)(H,21,22,26). The first-order chi connectivity index (χ1) is 12.8. The molecule has 0 fully saturated rings. The number of carbonyl (C=O) groups excluding carboxylic acids is 2. The van der Waals surface area contributed by atoms with E-state index in [1.54, 1.807) is 19.1 Å². The molecule has 0 atom stereocenters. The van der Waals surface area contributed by atoms with Gasteiger partial charge in [-0.05, 0) is 25.1 Å². The zero-order chi connectivity index (χ0) is 19.7. The second kappa shape index (κ2) is 7.55. The number of nitrogens with one attached hydrogen (secondary N) is 3. The Labute approximate surface area is 166 Å². The summed E-state index contributed by atoms with van der Waals surface area (Å²) in [7, 11) is 0. The molecule has 0 aliphatic heterocycles. The van der Waals surface area contributed by atoms with Crippen LogP contribution in [0, 0.1) is 6.92 Å². The summed E-state index contributed by atoms with van der Waals surface area (Å²) >= 11 is 13.2. The Kier molecular flexibility index (Phi) is 5.36. The van der Waals surface area contributed by atoms with Crippen molar-refractivity contribution in [2.24, 2.45) is 0 Å². The van der Waals surface area contributed by atoms with Crippen LogP contribution in [0.25, 0.3) is 10.2 Å². The number of carboxylic acid groups (broad SMARTS) is 1. The summed E-state index contributed by atoms with van der Waals surface area (Å²) in [6.07, 6.45) is 0. The third-order valence-corrected chi connectivity index (χ3v) is 5.43. The Bertz CT molecular complexity index is 1080. The predicted octanol–water partition coefficient (Wildman–Crippen LogP) is 3.31. The van der Waals surface area contributed by atoms with E-state index >= 15 is 0 Å². The average molecular weight is 427 g/mol. The van der Waals surface area contributed by atoms with Crippen LogP contribution >= 0.6 is 34.5 Å². The number of thiazole rings is 1. The number of halogens is 2. The van der Waals surface area contributed by atoms with Crippen LogP contribution in [0.4, 0.5) is 5.13 Å². The van der Waals surface area contributed by atoms with E-state index in [2.05, 4.69) is 20.6 Å². The predicted molar refractivity (Wildman–Crippen MR) is 103 cm³/mol. The number of anilines is 1. The molecule has 0 unspecified atom stereocenters. The third-order valence-electron chi connectivity index (χ3n) is 3.55. The zero-order valence-electron chi connectivity index (χ0n) is 13.7. The Morgan fingerprint density at radius 2 is 1.96 bits per heavy atom. The SMILES string of the molecule is Cc1[nH]c(C(=O)Nc2nc3ccc(C(=O)NCC(=O)O)cc3s2)c(Cl)c1Cl. The molecule has 8 nitrogen and oxygen atoms in total. The highest BCUT2D eigenvalue weighted by Gasteiger charge is 2.19. The van der Waals surface area contributed by atoms with Crippen LogP contribution in [0.5, 0.6) is 0 Å². The number of carbonyl (C=O) groups is 3.